The van der Waals surface area contributed by atoms with Gasteiger partial charge in [0.25, 0.3) is 0 Å². The lowest BCUT2D eigenvalue weighted by atomic mass is 9.89. The van der Waals surface area contributed by atoms with Crippen molar-refractivity contribution < 1.29 is 22.7 Å². The zero-order chi connectivity index (χ0) is 28.6. The SMILES string of the molecule is CCS(=O)(=O)N(CC(=O)N(Cc1ccc(OC)cc1)C1CCN(C(=O)CC(C)(C)C)CC1)CC1CCCCC1. The molecule has 0 N–H and O–H groups in total. The average Bonchev–Trinajstić information content (AvgIpc) is 2.91. The highest BCUT2D eigenvalue weighted by molar-refractivity contribution is 7.89. The summed E-state index contributed by atoms with van der Waals surface area (Å²) in [6.45, 7) is 9.73. The molecule has 9 heteroatoms. The van der Waals surface area contributed by atoms with E-state index in [1.807, 2.05) is 34.1 Å². The third-order valence-electron chi connectivity index (χ3n) is 8.03. The van der Waals surface area contributed by atoms with Crippen molar-refractivity contribution in [1.29, 1.82) is 0 Å². The number of hydrogen-bond donors (Lipinski definition) is 0. The molecule has 8 nitrogen and oxygen atoms in total. The molecular weight excluding hydrogens is 514 g/mol. The second-order valence-corrected chi connectivity index (χ2v) is 14.7. The first-order chi connectivity index (χ1) is 18.4. The lowest BCUT2D eigenvalue weighted by molar-refractivity contribution is -0.138. The number of nitrogens with zero attached hydrogens (tertiary/aromatic N) is 3. The van der Waals surface area contributed by atoms with Gasteiger partial charge in [0.15, 0.2) is 0 Å². The van der Waals surface area contributed by atoms with Gasteiger partial charge >= 0.3 is 0 Å². The summed E-state index contributed by atoms with van der Waals surface area (Å²) in [4.78, 5) is 30.5. The summed E-state index contributed by atoms with van der Waals surface area (Å²) in [5.41, 5.74) is 0.893. The molecule has 220 valence electrons. The monoisotopic (exact) mass is 563 g/mol. The number of ether oxygens (including phenoxy) is 1. The Morgan fingerprint density at radius 3 is 2.15 bits per heavy atom. The van der Waals surface area contributed by atoms with Crippen molar-refractivity contribution in [3.63, 3.8) is 0 Å². The molecular formula is C30H49N3O5S. The van der Waals surface area contributed by atoms with Crippen LogP contribution in [0.25, 0.3) is 0 Å². The van der Waals surface area contributed by atoms with Crippen LogP contribution in [0.5, 0.6) is 5.75 Å². The number of piperidine rings is 1. The van der Waals surface area contributed by atoms with Gasteiger partial charge in [-0.2, -0.15) is 4.31 Å². The van der Waals surface area contributed by atoms with Crippen molar-refractivity contribution in [2.24, 2.45) is 11.3 Å². The highest BCUT2D eigenvalue weighted by atomic mass is 32.2. The Balaban J connectivity index is 1.77. The molecule has 1 heterocycles. The van der Waals surface area contributed by atoms with Crippen molar-refractivity contribution in [2.75, 3.05) is 39.0 Å². The molecule has 0 unspecified atom stereocenters. The van der Waals surface area contributed by atoms with Gasteiger partial charge in [0, 0.05) is 38.6 Å². The largest absolute Gasteiger partial charge is 0.497 e. The molecule has 0 aromatic heterocycles. The highest BCUT2D eigenvalue weighted by Gasteiger charge is 2.34. The normalized spacial score (nSPS) is 17.8. The smallest absolute Gasteiger partial charge is 0.238 e. The Labute approximate surface area is 236 Å². The van der Waals surface area contributed by atoms with E-state index in [0.717, 1.165) is 37.0 Å². The molecule has 3 rings (SSSR count). The van der Waals surface area contributed by atoms with E-state index in [1.165, 1.54) is 10.7 Å². The molecule has 0 spiro atoms. The molecule has 2 fully saturated rings. The minimum absolute atomic E-state index is 0.0141. The van der Waals surface area contributed by atoms with Gasteiger partial charge in [0.1, 0.15) is 5.75 Å². The van der Waals surface area contributed by atoms with E-state index < -0.39 is 10.0 Å². The predicted octanol–water partition coefficient (Wildman–Crippen LogP) is 4.68. The molecule has 0 atom stereocenters. The fourth-order valence-electron chi connectivity index (χ4n) is 5.70. The number of methoxy groups -OCH3 is 1. The second kappa shape index (κ2) is 14.0. The minimum Gasteiger partial charge on any atom is -0.497 e. The summed E-state index contributed by atoms with van der Waals surface area (Å²) in [7, 11) is -1.90. The van der Waals surface area contributed by atoms with Gasteiger partial charge in [-0.25, -0.2) is 8.42 Å². The van der Waals surface area contributed by atoms with Crippen LogP contribution in [0.2, 0.25) is 0 Å². The van der Waals surface area contributed by atoms with Crippen LogP contribution in [-0.2, 0) is 26.2 Å². The van der Waals surface area contributed by atoms with E-state index >= 15 is 0 Å². The third-order valence-corrected chi connectivity index (χ3v) is 9.82. The van der Waals surface area contributed by atoms with Crippen molar-refractivity contribution in [2.45, 2.75) is 91.6 Å². The minimum atomic E-state index is -3.52. The molecule has 2 amide bonds. The Kier molecular flexibility index (Phi) is 11.2. The number of sulfonamides is 1. The first-order valence-electron chi connectivity index (χ1n) is 14.6. The summed E-state index contributed by atoms with van der Waals surface area (Å²) in [5, 5.41) is 0. The number of hydrogen-bond acceptors (Lipinski definition) is 5. The van der Waals surface area contributed by atoms with Gasteiger partial charge < -0.3 is 14.5 Å². The second-order valence-electron chi connectivity index (χ2n) is 12.4. The summed E-state index contributed by atoms with van der Waals surface area (Å²) >= 11 is 0. The molecule has 39 heavy (non-hydrogen) atoms. The standard InChI is InChI=1S/C30H49N3O5S/c1-6-39(36,37)32(21-24-10-8-7-9-11-24)23-29(35)33(22-25-12-14-27(38-5)15-13-25)26-16-18-31(19-17-26)28(34)20-30(2,3)4/h12-15,24,26H,6-11,16-23H2,1-5H3. The van der Waals surface area contributed by atoms with Gasteiger partial charge in [-0.1, -0.05) is 52.2 Å². The summed E-state index contributed by atoms with van der Waals surface area (Å²) in [5.74, 6) is 1.02. The van der Waals surface area contributed by atoms with Crippen LogP contribution in [-0.4, -0.2) is 79.4 Å². The Morgan fingerprint density at radius 2 is 1.62 bits per heavy atom. The van der Waals surface area contributed by atoms with Gasteiger partial charge in [-0.15, -0.1) is 0 Å². The zero-order valence-electron chi connectivity index (χ0n) is 24.7. The van der Waals surface area contributed by atoms with Crippen LogP contribution in [0.3, 0.4) is 0 Å². The van der Waals surface area contributed by atoms with Gasteiger partial charge in [0.2, 0.25) is 21.8 Å². The van der Waals surface area contributed by atoms with Crippen molar-refractivity contribution >= 4 is 21.8 Å². The number of carbonyl (C=O) groups is 2. The maximum absolute atomic E-state index is 13.9. The zero-order valence-corrected chi connectivity index (χ0v) is 25.5. The number of amides is 2. The Bertz CT molecular complexity index is 1040. The van der Waals surface area contributed by atoms with E-state index in [-0.39, 0.29) is 35.6 Å². The summed E-state index contributed by atoms with van der Waals surface area (Å²) < 4.78 is 32.9. The Morgan fingerprint density at radius 1 is 1.00 bits per heavy atom. The predicted molar refractivity (Wildman–Crippen MR) is 155 cm³/mol. The highest BCUT2D eigenvalue weighted by Crippen LogP contribution is 2.27. The molecule has 1 aromatic carbocycles. The maximum atomic E-state index is 13.9. The van der Waals surface area contributed by atoms with Crippen LogP contribution in [0, 0.1) is 11.3 Å². The van der Waals surface area contributed by atoms with Crippen LogP contribution in [0.15, 0.2) is 24.3 Å². The van der Waals surface area contributed by atoms with E-state index in [1.54, 1.807) is 14.0 Å². The van der Waals surface area contributed by atoms with Crippen molar-refractivity contribution in [3.05, 3.63) is 29.8 Å². The fraction of sp³-hybridized carbons (Fsp3) is 0.733. The summed E-state index contributed by atoms with van der Waals surface area (Å²) in [6.07, 6.45) is 7.33. The molecule has 1 saturated carbocycles. The van der Waals surface area contributed by atoms with Gasteiger partial charge in [-0.05, 0) is 61.6 Å². The lowest BCUT2D eigenvalue weighted by Crippen LogP contribution is -2.52. The van der Waals surface area contributed by atoms with Gasteiger partial charge in [-0.3, -0.25) is 9.59 Å². The molecule has 2 aliphatic rings. The maximum Gasteiger partial charge on any atom is 0.238 e. The van der Waals surface area contributed by atoms with E-state index in [4.69, 9.17) is 4.74 Å². The number of likely N-dealkylation sites (tertiary alicyclic amines) is 1. The van der Waals surface area contributed by atoms with E-state index in [0.29, 0.717) is 51.4 Å². The molecule has 0 bridgehead atoms. The molecule has 1 aliphatic carbocycles. The fourth-order valence-corrected chi connectivity index (χ4v) is 6.81. The number of benzene rings is 1. The van der Waals surface area contributed by atoms with Crippen LogP contribution in [0.4, 0.5) is 0 Å². The topological polar surface area (TPSA) is 87.2 Å². The molecule has 0 radical (unpaired) electrons. The quantitative estimate of drug-likeness (QED) is 0.390. The molecule has 1 saturated heterocycles. The molecule has 1 aliphatic heterocycles. The van der Waals surface area contributed by atoms with Gasteiger partial charge in [0.05, 0.1) is 19.4 Å². The van der Waals surface area contributed by atoms with Crippen LogP contribution >= 0.6 is 0 Å². The number of carbonyl (C=O) groups excluding carboxylic acids is 2. The Hall–Kier alpha value is -2.13. The van der Waals surface area contributed by atoms with Crippen molar-refractivity contribution in [1.82, 2.24) is 14.1 Å². The van der Waals surface area contributed by atoms with E-state index in [2.05, 4.69) is 20.8 Å². The van der Waals surface area contributed by atoms with Crippen LogP contribution in [0.1, 0.15) is 84.6 Å². The average molecular weight is 564 g/mol. The lowest BCUT2D eigenvalue weighted by Gasteiger charge is -2.40. The first-order valence-corrected chi connectivity index (χ1v) is 16.2. The summed E-state index contributed by atoms with van der Waals surface area (Å²) in [6, 6.07) is 7.60. The van der Waals surface area contributed by atoms with Crippen LogP contribution < -0.4 is 4.74 Å². The molecule has 1 aromatic rings. The number of rotatable bonds is 11. The van der Waals surface area contributed by atoms with E-state index in [9.17, 15) is 18.0 Å². The van der Waals surface area contributed by atoms with Crippen molar-refractivity contribution in [3.8, 4) is 5.75 Å². The first kappa shape index (κ1) is 31.4. The third kappa shape index (κ3) is 9.48.